The molecule has 0 aromatic heterocycles. The molecule has 6 rings (SSSR count). The molecule has 174 valence electrons. The first-order valence-electron chi connectivity index (χ1n) is 11.8. The van der Waals surface area contributed by atoms with Crippen LogP contribution >= 0.6 is 0 Å². The van der Waals surface area contributed by atoms with E-state index in [4.69, 9.17) is 9.47 Å². The van der Waals surface area contributed by atoms with E-state index >= 15 is 0 Å². The predicted octanol–water partition coefficient (Wildman–Crippen LogP) is 7.14. The quantitative estimate of drug-likeness (QED) is 0.207. The van der Waals surface area contributed by atoms with Crippen LogP contribution in [0.25, 0.3) is 27.6 Å². The standard InChI is InChI=1S/C32H22O4/c33-31(22-10-3-1-4-11-22)35-29-18-17-25-19-27-24(16-15-21-9-7-8-14-26(21)27)20-28(25)30(29)36-32(34)23-12-5-2-6-13-23/h1-20,29-30H/t29-,30-/m1/s1. The van der Waals surface area contributed by atoms with Crippen LogP contribution in [0.4, 0.5) is 0 Å². The minimum Gasteiger partial charge on any atom is -0.450 e. The first kappa shape index (κ1) is 21.8. The van der Waals surface area contributed by atoms with Crippen LogP contribution in [0.3, 0.4) is 0 Å². The Morgan fingerprint density at radius 3 is 1.92 bits per heavy atom. The molecule has 1 aliphatic rings. The number of carbonyl (C=O) groups is 2. The molecule has 5 aromatic carbocycles. The lowest BCUT2D eigenvalue weighted by Crippen LogP contribution is -2.30. The topological polar surface area (TPSA) is 52.6 Å². The van der Waals surface area contributed by atoms with Crippen molar-refractivity contribution in [2.24, 2.45) is 0 Å². The van der Waals surface area contributed by atoms with Gasteiger partial charge < -0.3 is 9.47 Å². The van der Waals surface area contributed by atoms with Crippen LogP contribution in [0, 0.1) is 0 Å². The van der Waals surface area contributed by atoms with E-state index < -0.39 is 24.1 Å². The number of hydrogen-bond acceptors (Lipinski definition) is 4. The summed E-state index contributed by atoms with van der Waals surface area (Å²) in [5.74, 6) is -0.942. The molecule has 0 fully saturated rings. The maximum absolute atomic E-state index is 13.1. The second-order valence-corrected chi connectivity index (χ2v) is 8.78. The molecule has 0 amide bonds. The van der Waals surface area contributed by atoms with E-state index in [0.717, 1.165) is 32.7 Å². The van der Waals surface area contributed by atoms with Gasteiger partial charge in [-0.15, -0.1) is 0 Å². The third-order valence-corrected chi connectivity index (χ3v) is 6.52. The number of carbonyl (C=O) groups excluding carboxylic acids is 2. The van der Waals surface area contributed by atoms with E-state index in [1.807, 2.05) is 36.4 Å². The molecule has 2 atom stereocenters. The molecule has 0 saturated carbocycles. The molecule has 0 unspecified atom stereocenters. The number of benzene rings is 5. The summed E-state index contributed by atoms with van der Waals surface area (Å²) in [5, 5.41) is 4.45. The summed E-state index contributed by atoms with van der Waals surface area (Å²) in [6.07, 6.45) is 2.17. The van der Waals surface area contributed by atoms with Crippen molar-refractivity contribution in [3.63, 3.8) is 0 Å². The zero-order valence-corrected chi connectivity index (χ0v) is 19.3. The largest absolute Gasteiger partial charge is 0.450 e. The Kier molecular flexibility index (Phi) is 5.55. The Bertz CT molecular complexity index is 1620. The highest BCUT2D eigenvalue weighted by molar-refractivity contribution is 6.08. The molecular formula is C32H22O4. The van der Waals surface area contributed by atoms with E-state index in [9.17, 15) is 9.59 Å². The fourth-order valence-electron chi connectivity index (χ4n) is 4.71. The third kappa shape index (κ3) is 4.03. The van der Waals surface area contributed by atoms with Crippen LogP contribution in [-0.2, 0) is 9.47 Å². The highest BCUT2D eigenvalue weighted by Crippen LogP contribution is 2.38. The zero-order chi connectivity index (χ0) is 24.5. The van der Waals surface area contributed by atoms with Crippen LogP contribution in [0.1, 0.15) is 37.9 Å². The van der Waals surface area contributed by atoms with Gasteiger partial charge in [0.15, 0.2) is 12.2 Å². The minimum atomic E-state index is -0.791. The van der Waals surface area contributed by atoms with Crippen LogP contribution in [0.2, 0.25) is 0 Å². The Morgan fingerprint density at radius 1 is 0.583 bits per heavy atom. The van der Waals surface area contributed by atoms with Gasteiger partial charge in [0.2, 0.25) is 0 Å². The molecule has 1 aliphatic carbocycles. The van der Waals surface area contributed by atoms with Crippen molar-refractivity contribution in [3.05, 3.63) is 138 Å². The lowest BCUT2D eigenvalue weighted by molar-refractivity contribution is -0.0228. The highest BCUT2D eigenvalue weighted by Gasteiger charge is 2.33. The second-order valence-electron chi connectivity index (χ2n) is 8.78. The van der Waals surface area contributed by atoms with E-state index in [-0.39, 0.29) is 0 Å². The molecular weight excluding hydrogens is 448 g/mol. The van der Waals surface area contributed by atoms with E-state index in [0.29, 0.717) is 11.1 Å². The van der Waals surface area contributed by atoms with Gasteiger partial charge in [0.1, 0.15) is 0 Å². The van der Waals surface area contributed by atoms with Gasteiger partial charge >= 0.3 is 11.9 Å². The second kappa shape index (κ2) is 9.16. The first-order valence-corrected chi connectivity index (χ1v) is 11.8. The summed E-state index contributed by atoms with van der Waals surface area (Å²) in [4.78, 5) is 26.0. The fourth-order valence-corrected chi connectivity index (χ4v) is 4.71. The van der Waals surface area contributed by atoms with Gasteiger partial charge in [-0.3, -0.25) is 0 Å². The van der Waals surface area contributed by atoms with Crippen molar-refractivity contribution >= 4 is 39.6 Å². The summed E-state index contributed by atoms with van der Waals surface area (Å²) >= 11 is 0. The first-order chi connectivity index (χ1) is 17.7. The maximum atomic E-state index is 13.1. The van der Waals surface area contributed by atoms with Crippen LogP contribution in [0.15, 0.2) is 115 Å². The van der Waals surface area contributed by atoms with Crippen molar-refractivity contribution in [2.75, 3.05) is 0 Å². The summed E-state index contributed by atoms with van der Waals surface area (Å²) in [6.45, 7) is 0. The number of ether oxygens (including phenoxy) is 2. The molecule has 0 N–H and O–H groups in total. The van der Waals surface area contributed by atoms with E-state index in [1.54, 1.807) is 54.6 Å². The molecule has 0 aliphatic heterocycles. The fraction of sp³-hybridized carbons (Fsp3) is 0.0625. The molecule has 0 radical (unpaired) electrons. The Balaban J connectivity index is 1.42. The summed E-state index contributed by atoms with van der Waals surface area (Å²) in [5.41, 5.74) is 2.61. The molecule has 0 saturated heterocycles. The van der Waals surface area contributed by atoms with Crippen LogP contribution < -0.4 is 0 Å². The van der Waals surface area contributed by atoms with E-state index in [1.165, 1.54) is 0 Å². The van der Waals surface area contributed by atoms with Crippen molar-refractivity contribution < 1.29 is 19.1 Å². The number of esters is 2. The lowest BCUT2D eigenvalue weighted by Gasteiger charge is -2.30. The molecule has 5 aromatic rings. The van der Waals surface area contributed by atoms with Crippen molar-refractivity contribution in [3.8, 4) is 0 Å². The van der Waals surface area contributed by atoms with Crippen LogP contribution in [0.5, 0.6) is 0 Å². The lowest BCUT2D eigenvalue weighted by atomic mass is 9.88. The van der Waals surface area contributed by atoms with E-state index in [2.05, 4.69) is 30.3 Å². The molecule has 0 heterocycles. The van der Waals surface area contributed by atoms with Gasteiger partial charge in [-0.2, -0.15) is 0 Å². The van der Waals surface area contributed by atoms with Gasteiger partial charge in [0.05, 0.1) is 11.1 Å². The molecule has 0 spiro atoms. The van der Waals surface area contributed by atoms with Gasteiger partial charge in [0, 0.05) is 5.56 Å². The monoisotopic (exact) mass is 470 g/mol. The number of rotatable bonds is 4. The SMILES string of the molecule is O=C(O[C@@H]1c2cc3ccc4ccccc4c3cc2C=C[C@H]1OC(=O)c1ccccc1)c1ccccc1. The number of fused-ring (bicyclic) bond motifs is 4. The van der Waals surface area contributed by atoms with Gasteiger partial charge in [0.25, 0.3) is 0 Å². The van der Waals surface area contributed by atoms with Crippen LogP contribution in [-0.4, -0.2) is 18.0 Å². The van der Waals surface area contributed by atoms with Gasteiger partial charge in [-0.1, -0.05) is 78.9 Å². The average molecular weight is 471 g/mol. The van der Waals surface area contributed by atoms with Gasteiger partial charge in [-0.05, 0) is 69.6 Å². The average Bonchev–Trinajstić information content (AvgIpc) is 2.94. The summed E-state index contributed by atoms with van der Waals surface area (Å²) in [7, 11) is 0. The number of hydrogen-bond donors (Lipinski definition) is 0. The molecule has 0 bridgehead atoms. The highest BCUT2D eigenvalue weighted by atomic mass is 16.6. The summed E-state index contributed by atoms with van der Waals surface area (Å²) < 4.78 is 11.9. The molecule has 4 nitrogen and oxygen atoms in total. The Hall–Kier alpha value is -4.70. The predicted molar refractivity (Wildman–Crippen MR) is 141 cm³/mol. The van der Waals surface area contributed by atoms with Crippen molar-refractivity contribution in [1.82, 2.24) is 0 Å². The molecule has 4 heteroatoms. The van der Waals surface area contributed by atoms with Gasteiger partial charge in [-0.25, -0.2) is 9.59 Å². The Labute approximate surface area is 208 Å². The smallest absolute Gasteiger partial charge is 0.338 e. The summed E-state index contributed by atoms with van der Waals surface area (Å²) in [6, 6.07) is 34.2. The molecule has 36 heavy (non-hydrogen) atoms. The Morgan fingerprint density at radius 2 is 1.19 bits per heavy atom. The maximum Gasteiger partial charge on any atom is 0.338 e. The van der Waals surface area contributed by atoms with Crippen molar-refractivity contribution in [1.29, 1.82) is 0 Å². The zero-order valence-electron chi connectivity index (χ0n) is 19.3. The van der Waals surface area contributed by atoms with Crippen molar-refractivity contribution in [2.45, 2.75) is 12.2 Å². The third-order valence-electron chi connectivity index (χ3n) is 6.52. The normalized spacial score (nSPS) is 16.4. The minimum absolute atomic E-state index is 0.438.